The molecule has 0 amide bonds. The van der Waals surface area contributed by atoms with Gasteiger partial charge < -0.3 is 5.32 Å². The summed E-state index contributed by atoms with van der Waals surface area (Å²) in [7, 11) is 0. The number of nitrogens with one attached hydrogen (secondary N) is 1. The molecular weight excluding hydrogens is 270 g/mol. The number of alkyl halides is 3. The maximum Gasteiger partial charge on any atom is 0.419 e. The highest BCUT2D eigenvalue weighted by molar-refractivity contribution is 5.32. The molecule has 0 atom stereocenters. The van der Waals surface area contributed by atoms with E-state index < -0.39 is 23.0 Å². The fraction of sp³-hybridized carbons (Fsp3) is 0.600. The molecule has 0 unspecified atom stereocenters. The van der Waals surface area contributed by atoms with Gasteiger partial charge in [0.25, 0.3) is 0 Å². The number of benzene rings is 1. The van der Waals surface area contributed by atoms with E-state index in [0.717, 1.165) is 31.6 Å². The van der Waals surface area contributed by atoms with Gasteiger partial charge in [-0.3, -0.25) is 0 Å². The van der Waals surface area contributed by atoms with Crippen LogP contribution in [0, 0.1) is 5.82 Å². The quantitative estimate of drug-likeness (QED) is 0.600. The van der Waals surface area contributed by atoms with Gasteiger partial charge in [0.05, 0.1) is 5.56 Å². The molecule has 1 rings (SSSR count). The summed E-state index contributed by atoms with van der Waals surface area (Å²) in [4.78, 5) is 0. The Morgan fingerprint density at radius 3 is 2.30 bits per heavy atom. The van der Waals surface area contributed by atoms with Gasteiger partial charge in [-0.15, -0.1) is 0 Å². The largest absolute Gasteiger partial charge is 0.419 e. The van der Waals surface area contributed by atoms with Gasteiger partial charge in [-0.2, -0.15) is 13.2 Å². The van der Waals surface area contributed by atoms with E-state index in [-0.39, 0.29) is 0 Å². The molecule has 1 aromatic rings. The third kappa shape index (κ3) is 4.47. The molecule has 0 saturated heterocycles. The second-order valence-electron chi connectivity index (χ2n) is 5.58. The van der Waals surface area contributed by atoms with Gasteiger partial charge in [0.1, 0.15) is 5.82 Å². The Hall–Kier alpha value is -1.10. The predicted octanol–water partition coefficient (Wildman–Crippen LogP) is 4.51. The summed E-state index contributed by atoms with van der Waals surface area (Å²) in [6.07, 6.45) is -2.96. The van der Waals surface area contributed by atoms with Crippen molar-refractivity contribution in [1.82, 2.24) is 5.32 Å². The molecule has 5 heteroatoms. The molecule has 20 heavy (non-hydrogen) atoms. The molecule has 0 bridgehead atoms. The second-order valence-corrected chi connectivity index (χ2v) is 5.58. The van der Waals surface area contributed by atoms with Crippen molar-refractivity contribution >= 4 is 0 Å². The maximum atomic E-state index is 13.3. The lowest BCUT2D eigenvalue weighted by molar-refractivity contribution is -0.140. The van der Waals surface area contributed by atoms with E-state index in [4.69, 9.17) is 0 Å². The van der Waals surface area contributed by atoms with E-state index in [0.29, 0.717) is 12.0 Å². The highest BCUT2D eigenvalue weighted by Gasteiger charge is 2.35. The molecule has 0 heterocycles. The third-order valence-corrected chi connectivity index (χ3v) is 3.41. The van der Waals surface area contributed by atoms with Crippen LogP contribution >= 0.6 is 0 Å². The summed E-state index contributed by atoms with van der Waals surface area (Å²) in [6, 6.07) is 3.26. The smallest absolute Gasteiger partial charge is 0.317 e. The Kier molecular flexibility index (Phi) is 5.57. The summed E-state index contributed by atoms with van der Waals surface area (Å²) < 4.78 is 51.4. The number of hydrogen-bond donors (Lipinski definition) is 1. The van der Waals surface area contributed by atoms with Gasteiger partial charge in [0.15, 0.2) is 0 Å². The van der Waals surface area contributed by atoms with Gasteiger partial charge in [0.2, 0.25) is 0 Å². The van der Waals surface area contributed by atoms with Crippen molar-refractivity contribution in [2.75, 3.05) is 13.1 Å². The zero-order chi connectivity index (χ0) is 15.4. The minimum atomic E-state index is -4.66. The first kappa shape index (κ1) is 17.0. The molecule has 0 spiro atoms. The first-order chi connectivity index (χ1) is 9.18. The van der Waals surface area contributed by atoms with E-state index in [1.165, 1.54) is 6.07 Å². The lowest BCUT2D eigenvalue weighted by Crippen LogP contribution is -2.26. The lowest BCUT2D eigenvalue weighted by Gasteiger charge is -2.26. The molecular formula is C15H21F4N. The van der Waals surface area contributed by atoms with Crippen molar-refractivity contribution in [3.63, 3.8) is 0 Å². The van der Waals surface area contributed by atoms with Crippen LogP contribution in [0.25, 0.3) is 0 Å². The van der Waals surface area contributed by atoms with Crippen LogP contribution in [-0.4, -0.2) is 13.1 Å². The standard InChI is InChI=1S/C15H21F4N/c1-4-8-20-9-7-14(2,3)11-5-6-13(16)12(10-11)15(17,18)19/h5-6,10,20H,4,7-9H2,1-3H3. The molecule has 0 aliphatic heterocycles. The van der Waals surface area contributed by atoms with Crippen LogP contribution in [0.2, 0.25) is 0 Å². The molecule has 1 N–H and O–H groups in total. The minimum absolute atomic E-state index is 0.436. The van der Waals surface area contributed by atoms with Crippen LogP contribution in [0.5, 0.6) is 0 Å². The summed E-state index contributed by atoms with van der Waals surface area (Å²) in [6.45, 7) is 7.39. The number of hydrogen-bond acceptors (Lipinski definition) is 1. The van der Waals surface area contributed by atoms with Crippen molar-refractivity contribution in [3.8, 4) is 0 Å². The summed E-state index contributed by atoms with van der Waals surface area (Å²) >= 11 is 0. The topological polar surface area (TPSA) is 12.0 Å². The second kappa shape index (κ2) is 6.57. The summed E-state index contributed by atoms with van der Waals surface area (Å²) in [5, 5.41) is 3.22. The number of rotatable bonds is 6. The lowest BCUT2D eigenvalue weighted by atomic mass is 9.81. The average Bonchev–Trinajstić information content (AvgIpc) is 2.33. The Morgan fingerprint density at radius 2 is 1.75 bits per heavy atom. The molecule has 0 aliphatic carbocycles. The molecule has 0 aromatic heterocycles. The zero-order valence-electron chi connectivity index (χ0n) is 12.1. The Morgan fingerprint density at radius 1 is 1.10 bits per heavy atom. The Labute approximate surface area is 117 Å². The minimum Gasteiger partial charge on any atom is -0.317 e. The van der Waals surface area contributed by atoms with Crippen LogP contribution in [0.15, 0.2) is 18.2 Å². The zero-order valence-corrected chi connectivity index (χ0v) is 12.1. The number of halogens is 4. The Balaban J connectivity index is 2.90. The van der Waals surface area contributed by atoms with E-state index in [2.05, 4.69) is 5.32 Å². The SMILES string of the molecule is CCCNCCC(C)(C)c1ccc(F)c(C(F)(F)F)c1. The Bertz CT molecular complexity index is 438. The normalized spacial score (nSPS) is 12.8. The van der Waals surface area contributed by atoms with Gasteiger partial charge in [-0.05, 0) is 49.0 Å². The molecule has 114 valence electrons. The summed E-state index contributed by atoms with van der Waals surface area (Å²) in [5.41, 5.74) is -1.12. The molecule has 0 fully saturated rings. The fourth-order valence-corrected chi connectivity index (χ4v) is 2.01. The molecule has 0 aliphatic rings. The van der Waals surface area contributed by atoms with Crippen LogP contribution < -0.4 is 5.32 Å². The van der Waals surface area contributed by atoms with Crippen molar-refractivity contribution in [1.29, 1.82) is 0 Å². The first-order valence-corrected chi connectivity index (χ1v) is 6.76. The highest BCUT2D eigenvalue weighted by atomic mass is 19.4. The third-order valence-electron chi connectivity index (χ3n) is 3.41. The van der Waals surface area contributed by atoms with Gasteiger partial charge >= 0.3 is 6.18 Å². The molecule has 1 aromatic carbocycles. The average molecular weight is 291 g/mol. The van der Waals surface area contributed by atoms with E-state index >= 15 is 0 Å². The van der Waals surface area contributed by atoms with Crippen molar-refractivity contribution in [3.05, 3.63) is 35.1 Å². The van der Waals surface area contributed by atoms with E-state index in [9.17, 15) is 17.6 Å². The van der Waals surface area contributed by atoms with Crippen LogP contribution in [0.1, 0.15) is 44.7 Å². The van der Waals surface area contributed by atoms with Gasteiger partial charge in [-0.1, -0.05) is 26.8 Å². The predicted molar refractivity (Wildman–Crippen MR) is 72.2 cm³/mol. The van der Waals surface area contributed by atoms with E-state index in [1.807, 2.05) is 20.8 Å². The fourth-order valence-electron chi connectivity index (χ4n) is 2.01. The van der Waals surface area contributed by atoms with Crippen LogP contribution in [-0.2, 0) is 11.6 Å². The monoisotopic (exact) mass is 291 g/mol. The highest BCUT2D eigenvalue weighted by Crippen LogP contribution is 2.35. The molecule has 0 saturated carbocycles. The van der Waals surface area contributed by atoms with Crippen molar-refractivity contribution in [2.45, 2.75) is 45.2 Å². The maximum absolute atomic E-state index is 13.3. The van der Waals surface area contributed by atoms with Crippen LogP contribution in [0.3, 0.4) is 0 Å². The van der Waals surface area contributed by atoms with Gasteiger partial charge in [-0.25, -0.2) is 4.39 Å². The van der Waals surface area contributed by atoms with Gasteiger partial charge in [0, 0.05) is 0 Å². The van der Waals surface area contributed by atoms with Crippen molar-refractivity contribution in [2.24, 2.45) is 0 Å². The van der Waals surface area contributed by atoms with E-state index in [1.54, 1.807) is 0 Å². The van der Waals surface area contributed by atoms with Crippen LogP contribution in [0.4, 0.5) is 17.6 Å². The molecule has 0 radical (unpaired) electrons. The summed E-state index contributed by atoms with van der Waals surface area (Å²) in [5.74, 6) is -1.22. The molecule has 1 nitrogen and oxygen atoms in total. The van der Waals surface area contributed by atoms with Crippen molar-refractivity contribution < 1.29 is 17.6 Å². The first-order valence-electron chi connectivity index (χ1n) is 6.76.